The number of nitrogens with one attached hydrogen (secondary N) is 1. The molecule has 1 amide bonds. The second-order valence-corrected chi connectivity index (χ2v) is 6.40. The molecule has 7 heteroatoms. The van der Waals surface area contributed by atoms with E-state index >= 15 is 0 Å². The average Bonchev–Trinajstić information content (AvgIpc) is 2.54. The Morgan fingerprint density at radius 1 is 1.12 bits per heavy atom. The third-order valence-corrected chi connectivity index (χ3v) is 4.06. The summed E-state index contributed by atoms with van der Waals surface area (Å²) in [6, 6.07) is 15.3. The fraction of sp³-hybridized carbons (Fsp3) is 0.235. The number of rotatable bonds is 6. The maximum absolute atomic E-state index is 12.1. The topological polar surface area (TPSA) is 38.3 Å². The van der Waals surface area contributed by atoms with E-state index in [4.69, 9.17) is 0 Å². The number of alkyl halides is 3. The Hall–Kier alpha value is -2.15. The van der Waals surface area contributed by atoms with Crippen LogP contribution in [0.2, 0.25) is 0 Å². The molecule has 0 aliphatic heterocycles. The van der Waals surface area contributed by atoms with Crippen molar-refractivity contribution in [2.75, 3.05) is 11.9 Å². The number of ether oxygens (including phenoxy) is 1. The summed E-state index contributed by atoms with van der Waals surface area (Å²) in [6.07, 6.45) is -4.38. The summed E-state index contributed by atoms with van der Waals surface area (Å²) >= 11 is 1.42. The van der Waals surface area contributed by atoms with Gasteiger partial charge in [0.1, 0.15) is 5.75 Å². The van der Waals surface area contributed by atoms with Crippen LogP contribution in [-0.4, -0.2) is 23.9 Å². The molecule has 1 atom stereocenters. The standard InChI is InChI=1S/C17H16F3NO2S/c1-12(24-15-5-3-2-4-6-15)16(22)21-13-7-9-14(10-8-13)23-11-17(18,19)20/h2-10,12H,11H2,1H3,(H,21,22). The van der Waals surface area contributed by atoms with Crippen LogP contribution in [0.3, 0.4) is 0 Å². The Balaban J connectivity index is 1.87. The van der Waals surface area contributed by atoms with Crippen molar-refractivity contribution in [2.24, 2.45) is 0 Å². The highest BCUT2D eigenvalue weighted by molar-refractivity contribution is 8.00. The molecule has 0 spiro atoms. The van der Waals surface area contributed by atoms with Crippen molar-refractivity contribution in [1.82, 2.24) is 0 Å². The maximum atomic E-state index is 12.1. The number of carbonyl (C=O) groups is 1. The Labute approximate surface area is 142 Å². The molecule has 0 aliphatic carbocycles. The van der Waals surface area contributed by atoms with Gasteiger partial charge in [-0.25, -0.2) is 0 Å². The monoisotopic (exact) mass is 355 g/mol. The van der Waals surface area contributed by atoms with Crippen molar-refractivity contribution >= 4 is 23.4 Å². The number of benzene rings is 2. The molecule has 2 aromatic carbocycles. The van der Waals surface area contributed by atoms with Crippen LogP contribution in [-0.2, 0) is 4.79 Å². The van der Waals surface area contributed by atoms with Crippen LogP contribution in [0.15, 0.2) is 59.5 Å². The third-order valence-electron chi connectivity index (χ3n) is 2.95. The van der Waals surface area contributed by atoms with Crippen LogP contribution in [0.1, 0.15) is 6.92 Å². The van der Waals surface area contributed by atoms with Gasteiger partial charge in [-0.2, -0.15) is 13.2 Å². The van der Waals surface area contributed by atoms with E-state index in [-0.39, 0.29) is 16.9 Å². The lowest BCUT2D eigenvalue weighted by atomic mass is 10.3. The molecule has 0 saturated heterocycles. The predicted octanol–water partition coefficient (Wildman–Crippen LogP) is 4.75. The minimum absolute atomic E-state index is 0.0945. The van der Waals surface area contributed by atoms with E-state index < -0.39 is 12.8 Å². The van der Waals surface area contributed by atoms with Gasteiger partial charge in [0.2, 0.25) is 5.91 Å². The van der Waals surface area contributed by atoms with E-state index in [1.54, 1.807) is 6.92 Å². The highest BCUT2D eigenvalue weighted by Crippen LogP contribution is 2.24. The van der Waals surface area contributed by atoms with Gasteiger partial charge in [-0.3, -0.25) is 4.79 Å². The number of hydrogen-bond donors (Lipinski definition) is 1. The van der Waals surface area contributed by atoms with Gasteiger partial charge in [0.25, 0.3) is 0 Å². The molecule has 0 saturated carbocycles. The van der Waals surface area contributed by atoms with Gasteiger partial charge >= 0.3 is 6.18 Å². The lowest BCUT2D eigenvalue weighted by Crippen LogP contribution is -2.22. The molecule has 0 heterocycles. The number of amides is 1. The second-order valence-electron chi connectivity index (χ2n) is 4.99. The van der Waals surface area contributed by atoms with Crippen molar-refractivity contribution in [3.8, 4) is 5.75 Å². The van der Waals surface area contributed by atoms with E-state index in [9.17, 15) is 18.0 Å². The highest BCUT2D eigenvalue weighted by atomic mass is 32.2. The molecule has 128 valence electrons. The summed E-state index contributed by atoms with van der Waals surface area (Å²) in [6.45, 7) is 0.442. The van der Waals surface area contributed by atoms with E-state index in [0.29, 0.717) is 5.69 Å². The van der Waals surface area contributed by atoms with Crippen LogP contribution < -0.4 is 10.1 Å². The molecule has 1 unspecified atom stereocenters. The Kier molecular flexibility index (Phi) is 6.14. The largest absolute Gasteiger partial charge is 0.484 e. The first-order chi connectivity index (χ1) is 11.3. The molecule has 3 nitrogen and oxygen atoms in total. The zero-order valence-corrected chi connectivity index (χ0v) is 13.7. The van der Waals surface area contributed by atoms with Crippen LogP contribution >= 0.6 is 11.8 Å². The number of anilines is 1. The SMILES string of the molecule is CC(Sc1ccccc1)C(=O)Nc1ccc(OCC(F)(F)F)cc1. The molecule has 1 N–H and O–H groups in total. The molecule has 24 heavy (non-hydrogen) atoms. The van der Waals surface area contributed by atoms with E-state index in [1.807, 2.05) is 30.3 Å². The minimum Gasteiger partial charge on any atom is -0.484 e. The summed E-state index contributed by atoms with van der Waals surface area (Å²) < 4.78 is 40.8. The average molecular weight is 355 g/mol. The molecular formula is C17H16F3NO2S. The number of thioether (sulfide) groups is 1. The van der Waals surface area contributed by atoms with E-state index in [1.165, 1.54) is 36.0 Å². The Morgan fingerprint density at radius 2 is 1.75 bits per heavy atom. The minimum atomic E-state index is -4.38. The van der Waals surface area contributed by atoms with Gasteiger partial charge in [-0.15, -0.1) is 11.8 Å². The van der Waals surface area contributed by atoms with Gasteiger partial charge < -0.3 is 10.1 Å². The summed E-state index contributed by atoms with van der Waals surface area (Å²) in [5.74, 6) is -0.0927. The van der Waals surface area contributed by atoms with Crippen molar-refractivity contribution in [1.29, 1.82) is 0 Å². The zero-order valence-electron chi connectivity index (χ0n) is 12.8. The van der Waals surface area contributed by atoms with Gasteiger partial charge in [-0.05, 0) is 43.3 Å². The third kappa shape index (κ3) is 6.16. The van der Waals surface area contributed by atoms with E-state index in [0.717, 1.165) is 4.90 Å². The molecule has 0 fully saturated rings. The van der Waals surface area contributed by atoms with Gasteiger partial charge in [0.05, 0.1) is 5.25 Å². The first-order valence-corrected chi connectivity index (χ1v) is 8.03. The molecule has 2 aromatic rings. The number of halogens is 3. The van der Waals surface area contributed by atoms with Gasteiger partial charge in [-0.1, -0.05) is 18.2 Å². The normalized spacial score (nSPS) is 12.5. The predicted molar refractivity (Wildman–Crippen MR) is 88.4 cm³/mol. The Morgan fingerprint density at radius 3 is 2.33 bits per heavy atom. The fourth-order valence-corrected chi connectivity index (χ4v) is 2.69. The quantitative estimate of drug-likeness (QED) is 0.760. The molecule has 2 rings (SSSR count). The highest BCUT2D eigenvalue weighted by Gasteiger charge is 2.28. The summed E-state index contributed by atoms with van der Waals surface area (Å²) in [5.41, 5.74) is 0.500. The first-order valence-electron chi connectivity index (χ1n) is 7.16. The lowest BCUT2D eigenvalue weighted by Gasteiger charge is -2.13. The molecule has 0 bridgehead atoms. The zero-order chi connectivity index (χ0) is 17.6. The maximum Gasteiger partial charge on any atom is 0.422 e. The van der Waals surface area contributed by atoms with Crippen molar-refractivity contribution in [3.63, 3.8) is 0 Å². The van der Waals surface area contributed by atoms with Crippen molar-refractivity contribution in [3.05, 3.63) is 54.6 Å². The smallest absolute Gasteiger partial charge is 0.422 e. The second kappa shape index (κ2) is 8.10. The Bertz CT molecular complexity index is 660. The van der Waals surface area contributed by atoms with Crippen molar-refractivity contribution < 1.29 is 22.7 Å². The number of carbonyl (C=O) groups excluding carboxylic acids is 1. The van der Waals surface area contributed by atoms with Crippen molar-refractivity contribution in [2.45, 2.75) is 23.2 Å². The van der Waals surface area contributed by atoms with Gasteiger partial charge in [0.15, 0.2) is 6.61 Å². The van der Waals surface area contributed by atoms with Gasteiger partial charge in [0, 0.05) is 10.6 Å². The molecule has 0 aliphatic rings. The molecule has 0 radical (unpaired) electrons. The molecule has 0 aromatic heterocycles. The first kappa shape index (κ1) is 18.2. The summed E-state index contributed by atoms with van der Waals surface area (Å²) in [5, 5.41) is 2.41. The van der Waals surface area contributed by atoms with Crippen LogP contribution in [0.25, 0.3) is 0 Å². The van der Waals surface area contributed by atoms with Crippen LogP contribution in [0.4, 0.5) is 18.9 Å². The van der Waals surface area contributed by atoms with E-state index in [2.05, 4.69) is 10.1 Å². The summed E-state index contributed by atoms with van der Waals surface area (Å²) in [4.78, 5) is 13.1. The fourth-order valence-electron chi connectivity index (χ4n) is 1.80. The summed E-state index contributed by atoms with van der Waals surface area (Å²) in [7, 11) is 0. The molecular weight excluding hydrogens is 339 g/mol. The van der Waals surface area contributed by atoms with Crippen LogP contribution in [0.5, 0.6) is 5.75 Å². The lowest BCUT2D eigenvalue weighted by molar-refractivity contribution is -0.153. The van der Waals surface area contributed by atoms with Crippen LogP contribution in [0, 0.1) is 0 Å². The number of hydrogen-bond acceptors (Lipinski definition) is 3.